The van der Waals surface area contributed by atoms with Gasteiger partial charge >= 0.3 is 0 Å². The van der Waals surface area contributed by atoms with Gasteiger partial charge in [-0.25, -0.2) is 0 Å². The zero-order valence-corrected chi connectivity index (χ0v) is 9.23. The molecule has 1 aromatic carbocycles. The Hall–Kier alpha value is -2.36. The number of carbonyl (C=O) groups excluding carboxylic acids is 1. The van der Waals surface area contributed by atoms with Gasteiger partial charge in [-0.3, -0.25) is 9.59 Å². The summed E-state index contributed by atoms with van der Waals surface area (Å²) in [5.41, 5.74) is 0.390. The Kier molecular flexibility index (Phi) is 2.78. The second kappa shape index (κ2) is 4.25. The molecule has 86 valence electrons. The fourth-order valence-electron chi connectivity index (χ4n) is 1.56. The number of para-hydroxylation sites is 1. The Morgan fingerprint density at radius 1 is 1.12 bits per heavy atom. The van der Waals surface area contributed by atoms with Crippen LogP contribution >= 0.6 is 0 Å². The summed E-state index contributed by atoms with van der Waals surface area (Å²) in [4.78, 5) is 26.2. The van der Waals surface area contributed by atoms with Gasteiger partial charge in [0.05, 0.1) is 11.1 Å². The predicted octanol–water partition coefficient (Wildman–Crippen LogP) is 1.62. The largest absolute Gasteiger partial charge is 0.507 e. The zero-order chi connectivity index (χ0) is 12.4. The van der Waals surface area contributed by atoms with E-state index in [0.717, 1.165) is 0 Å². The lowest BCUT2D eigenvalue weighted by molar-refractivity contribution is 0.103. The molecular weight excluding hydrogens is 218 g/mol. The van der Waals surface area contributed by atoms with Gasteiger partial charge in [-0.05, 0) is 31.2 Å². The number of benzene rings is 1. The number of aromatic nitrogens is 1. The molecular formula is C13H11NO3. The van der Waals surface area contributed by atoms with E-state index in [2.05, 4.69) is 4.98 Å². The molecule has 0 aliphatic rings. The molecule has 1 aromatic heterocycles. The second-order valence-corrected chi connectivity index (χ2v) is 3.73. The lowest BCUT2D eigenvalue weighted by Crippen LogP contribution is -2.18. The van der Waals surface area contributed by atoms with Gasteiger partial charge in [-0.2, -0.15) is 0 Å². The molecule has 2 aromatic rings. The molecule has 0 aliphatic carbocycles. The third-order valence-electron chi connectivity index (χ3n) is 2.45. The van der Waals surface area contributed by atoms with Crippen molar-refractivity contribution in [2.45, 2.75) is 6.92 Å². The van der Waals surface area contributed by atoms with Crippen molar-refractivity contribution in [1.29, 1.82) is 0 Å². The summed E-state index contributed by atoms with van der Waals surface area (Å²) >= 11 is 0. The summed E-state index contributed by atoms with van der Waals surface area (Å²) in [5.74, 6) is -0.609. The number of hydrogen-bond acceptors (Lipinski definition) is 3. The van der Waals surface area contributed by atoms with Gasteiger partial charge in [0.25, 0.3) is 5.56 Å². The van der Waals surface area contributed by atoms with Gasteiger partial charge in [-0.15, -0.1) is 0 Å². The number of pyridine rings is 1. The fourth-order valence-corrected chi connectivity index (χ4v) is 1.56. The summed E-state index contributed by atoms with van der Waals surface area (Å²) in [5, 5.41) is 9.55. The van der Waals surface area contributed by atoms with E-state index in [1.54, 1.807) is 25.1 Å². The zero-order valence-electron chi connectivity index (χ0n) is 9.23. The number of aromatic amines is 1. The first kappa shape index (κ1) is 11.1. The number of carbonyl (C=O) groups is 1. The van der Waals surface area contributed by atoms with Gasteiger partial charge in [0.2, 0.25) is 5.78 Å². The number of H-pyrrole nitrogens is 1. The molecule has 0 spiro atoms. The first-order valence-corrected chi connectivity index (χ1v) is 5.12. The number of rotatable bonds is 2. The lowest BCUT2D eigenvalue weighted by atomic mass is 10.0. The topological polar surface area (TPSA) is 70.2 Å². The SMILES string of the molecule is Cc1ccc(C(=O)c2ccccc2O)c(=O)[nH]1. The number of phenolic OH excluding ortho intramolecular Hbond substituents is 1. The first-order valence-electron chi connectivity index (χ1n) is 5.12. The molecule has 2 rings (SSSR count). The van der Waals surface area contributed by atoms with Gasteiger partial charge in [0, 0.05) is 5.69 Å². The van der Waals surface area contributed by atoms with Gasteiger partial charge in [0.15, 0.2) is 0 Å². The summed E-state index contributed by atoms with van der Waals surface area (Å²) in [6.45, 7) is 1.73. The predicted molar refractivity (Wildman–Crippen MR) is 63.3 cm³/mol. The van der Waals surface area contributed by atoms with Gasteiger partial charge in [0.1, 0.15) is 5.75 Å². The average Bonchev–Trinajstić information content (AvgIpc) is 2.29. The Morgan fingerprint density at radius 3 is 2.47 bits per heavy atom. The minimum atomic E-state index is -0.482. The number of hydrogen-bond donors (Lipinski definition) is 2. The number of phenols is 1. The van der Waals surface area contributed by atoms with Crippen molar-refractivity contribution in [3.05, 3.63) is 63.6 Å². The summed E-state index contributed by atoms with van der Waals surface area (Å²) in [6, 6.07) is 9.25. The minimum Gasteiger partial charge on any atom is -0.507 e. The average molecular weight is 229 g/mol. The highest BCUT2D eigenvalue weighted by atomic mass is 16.3. The van der Waals surface area contributed by atoms with Crippen molar-refractivity contribution >= 4 is 5.78 Å². The quantitative estimate of drug-likeness (QED) is 0.769. The Morgan fingerprint density at radius 2 is 1.82 bits per heavy atom. The van der Waals surface area contributed by atoms with E-state index in [-0.39, 0.29) is 16.9 Å². The van der Waals surface area contributed by atoms with E-state index in [1.807, 2.05) is 0 Å². The molecule has 0 atom stereocenters. The third-order valence-corrected chi connectivity index (χ3v) is 2.45. The van der Waals surface area contributed by atoms with Crippen molar-refractivity contribution in [2.75, 3.05) is 0 Å². The van der Waals surface area contributed by atoms with E-state index in [1.165, 1.54) is 18.2 Å². The molecule has 0 radical (unpaired) electrons. The summed E-state index contributed by atoms with van der Waals surface area (Å²) < 4.78 is 0. The molecule has 0 unspecified atom stereocenters. The first-order chi connectivity index (χ1) is 8.09. The van der Waals surface area contributed by atoms with Crippen LogP contribution in [-0.4, -0.2) is 15.9 Å². The van der Waals surface area contributed by atoms with Crippen LogP contribution in [0.2, 0.25) is 0 Å². The van der Waals surface area contributed by atoms with Crippen LogP contribution in [0.15, 0.2) is 41.2 Å². The molecule has 1 heterocycles. The molecule has 17 heavy (non-hydrogen) atoms. The summed E-state index contributed by atoms with van der Waals surface area (Å²) in [6.07, 6.45) is 0. The maximum Gasteiger partial charge on any atom is 0.259 e. The normalized spacial score (nSPS) is 10.2. The van der Waals surface area contributed by atoms with Crippen LogP contribution in [-0.2, 0) is 0 Å². The van der Waals surface area contributed by atoms with Crippen LogP contribution < -0.4 is 5.56 Å². The van der Waals surface area contributed by atoms with E-state index >= 15 is 0 Å². The second-order valence-electron chi connectivity index (χ2n) is 3.73. The van der Waals surface area contributed by atoms with Crippen molar-refractivity contribution in [1.82, 2.24) is 4.98 Å². The molecule has 0 bridgehead atoms. The lowest BCUT2D eigenvalue weighted by Gasteiger charge is -2.03. The van der Waals surface area contributed by atoms with Crippen LogP contribution in [0, 0.1) is 6.92 Å². The Balaban J connectivity index is 2.52. The maximum absolute atomic E-state index is 12.0. The number of aromatic hydroxyl groups is 1. The highest BCUT2D eigenvalue weighted by molar-refractivity contribution is 6.10. The molecule has 0 aliphatic heterocycles. The number of nitrogens with one attached hydrogen (secondary N) is 1. The van der Waals surface area contributed by atoms with E-state index in [4.69, 9.17) is 0 Å². The molecule has 4 heteroatoms. The molecule has 4 nitrogen and oxygen atoms in total. The monoisotopic (exact) mass is 229 g/mol. The van der Waals surface area contributed by atoms with E-state index < -0.39 is 11.3 Å². The third kappa shape index (κ3) is 2.10. The highest BCUT2D eigenvalue weighted by Gasteiger charge is 2.15. The van der Waals surface area contributed by atoms with Crippen LogP contribution in [0.1, 0.15) is 21.6 Å². The minimum absolute atomic E-state index is 0.0251. The van der Waals surface area contributed by atoms with Crippen molar-refractivity contribution < 1.29 is 9.90 Å². The van der Waals surface area contributed by atoms with E-state index in [0.29, 0.717) is 5.69 Å². The fraction of sp³-hybridized carbons (Fsp3) is 0.0769. The van der Waals surface area contributed by atoms with Crippen molar-refractivity contribution in [2.24, 2.45) is 0 Å². The summed E-state index contributed by atoms with van der Waals surface area (Å²) in [7, 11) is 0. The number of ketones is 1. The maximum atomic E-state index is 12.0. The number of aryl methyl sites for hydroxylation is 1. The molecule has 0 saturated carbocycles. The van der Waals surface area contributed by atoms with E-state index in [9.17, 15) is 14.7 Å². The van der Waals surface area contributed by atoms with Gasteiger partial charge in [-0.1, -0.05) is 12.1 Å². The Labute approximate surface area is 97.6 Å². The molecule has 0 fully saturated rings. The van der Waals surface area contributed by atoms with Crippen LogP contribution in [0.3, 0.4) is 0 Å². The van der Waals surface area contributed by atoms with Crippen LogP contribution in [0.5, 0.6) is 5.75 Å². The Bertz CT molecular complexity index is 629. The van der Waals surface area contributed by atoms with Crippen molar-refractivity contribution in [3.63, 3.8) is 0 Å². The molecule has 0 saturated heterocycles. The van der Waals surface area contributed by atoms with Crippen LogP contribution in [0.25, 0.3) is 0 Å². The van der Waals surface area contributed by atoms with Crippen molar-refractivity contribution in [3.8, 4) is 5.75 Å². The highest BCUT2D eigenvalue weighted by Crippen LogP contribution is 2.18. The smallest absolute Gasteiger partial charge is 0.259 e. The molecule has 0 amide bonds. The standard InChI is InChI=1S/C13H11NO3/c1-8-6-7-10(13(17)14-8)12(16)9-4-2-3-5-11(9)15/h2-7,15H,1H3,(H,14,17). The van der Waals surface area contributed by atoms with Crippen LogP contribution in [0.4, 0.5) is 0 Å². The van der Waals surface area contributed by atoms with Gasteiger partial charge < -0.3 is 10.1 Å². The molecule has 2 N–H and O–H groups in total.